The lowest BCUT2D eigenvalue weighted by Crippen LogP contribution is -2.36. The minimum absolute atomic E-state index is 0.00202. The van der Waals surface area contributed by atoms with Crippen LogP contribution in [0.15, 0.2) is 18.2 Å². The Hall–Kier alpha value is -2.43. The van der Waals surface area contributed by atoms with Crippen LogP contribution in [0.25, 0.3) is 0 Å². The average molecular weight is 329 g/mol. The Morgan fingerprint density at radius 2 is 2.13 bits per heavy atom. The molecule has 5 nitrogen and oxygen atoms in total. The summed E-state index contributed by atoms with van der Waals surface area (Å²) in [5, 5.41) is 14.6. The van der Waals surface area contributed by atoms with Gasteiger partial charge in [0.2, 0.25) is 5.91 Å². The van der Waals surface area contributed by atoms with Gasteiger partial charge in [-0.3, -0.25) is 4.79 Å². The molecule has 1 unspecified atom stereocenters. The number of ether oxygens (including phenoxy) is 1. The van der Waals surface area contributed by atoms with Gasteiger partial charge in [0.25, 0.3) is 0 Å². The highest BCUT2D eigenvalue weighted by Gasteiger charge is 2.28. The fourth-order valence-electron chi connectivity index (χ4n) is 1.62. The van der Waals surface area contributed by atoms with Crippen molar-refractivity contribution in [1.29, 1.82) is 5.26 Å². The highest BCUT2D eigenvalue weighted by atomic mass is 19.4. The second-order valence-electron chi connectivity index (χ2n) is 4.96. The number of hydrogen-bond donors (Lipinski definition) is 2. The van der Waals surface area contributed by atoms with E-state index in [2.05, 4.69) is 15.4 Å². The minimum Gasteiger partial charge on any atom is -0.483 e. The third-order valence-corrected chi connectivity index (χ3v) is 2.96. The maximum Gasteiger partial charge on any atom is 0.422 e. The van der Waals surface area contributed by atoms with E-state index >= 15 is 0 Å². The zero-order chi connectivity index (χ0) is 17.5. The number of halogens is 3. The number of nitrogens with zero attached hydrogens (tertiary/aromatic N) is 1. The van der Waals surface area contributed by atoms with E-state index in [9.17, 15) is 18.0 Å². The van der Waals surface area contributed by atoms with Gasteiger partial charge in [0.15, 0.2) is 6.61 Å². The fraction of sp³-hybridized carbons (Fsp3) is 0.467. The molecule has 0 bridgehead atoms. The summed E-state index contributed by atoms with van der Waals surface area (Å²) in [6, 6.07) is 5.87. The summed E-state index contributed by atoms with van der Waals surface area (Å²) in [6.45, 7) is 2.35. The lowest BCUT2D eigenvalue weighted by atomic mass is 10.2. The molecule has 1 aromatic carbocycles. The quantitative estimate of drug-likeness (QED) is 0.807. The number of alkyl halides is 3. The van der Waals surface area contributed by atoms with Crippen LogP contribution in [0.3, 0.4) is 0 Å². The molecule has 0 aliphatic rings. The van der Waals surface area contributed by atoms with Crippen LogP contribution < -0.4 is 15.4 Å². The van der Waals surface area contributed by atoms with Crippen LogP contribution >= 0.6 is 0 Å². The van der Waals surface area contributed by atoms with Crippen molar-refractivity contribution in [2.45, 2.75) is 32.5 Å². The number of hydrogen-bond acceptors (Lipinski definition) is 4. The van der Waals surface area contributed by atoms with E-state index in [1.54, 1.807) is 6.07 Å². The SMILES string of the molecule is CCC(C)NC(=O)CNc1ccc(OCC(F)(F)F)c(C#N)c1. The highest BCUT2D eigenvalue weighted by Crippen LogP contribution is 2.24. The first-order chi connectivity index (χ1) is 10.7. The number of benzene rings is 1. The predicted molar refractivity (Wildman–Crippen MR) is 79.1 cm³/mol. The van der Waals surface area contributed by atoms with Gasteiger partial charge >= 0.3 is 6.18 Å². The van der Waals surface area contributed by atoms with Gasteiger partial charge in [0.05, 0.1) is 12.1 Å². The molecule has 126 valence electrons. The van der Waals surface area contributed by atoms with Crippen molar-refractivity contribution in [3.63, 3.8) is 0 Å². The van der Waals surface area contributed by atoms with Gasteiger partial charge in [-0.15, -0.1) is 0 Å². The van der Waals surface area contributed by atoms with Crippen molar-refractivity contribution in [3.8, 4) is 11.8 Å². The lowest BCUT2D eigenvalue weighted by molar-refractivity contribution is -0.153. The van der Waals surface area contributed by atoms with E-state index < -0.39 is 12.8 Å². The number of nitriles is 1. The third kappa shape index (κ3) is 6.91. The molecule has 2 N–H and O–H groups in total. The Kier molecular flexibility index (Phi) is 6.69. The highest BCUT2D eigenvalue weighted by molar-refractivity contribution is 5.81. The second-order valence-corrected chi connectivity index (χ2v) is 4.96. The topological polar surface area (TPSA) is 74.2 Å². The van der Waals surface area contributed by atoms with Crippen LogP contribution in [0.2, 0.25) is 0 Å². The molecule has 0 aliphatic carbocycles. The van der Waals surface area contributed by atoms with E-state index in [-0.39, 0.29) is 29.8 Å². The number of carbonyl (C=O) groups is 1. The average Bonchev–Trinajstić information content (AvgIpc) is 2.50. The standard InChI is InChI=1S/C15H18F3N3O2/c1-3-10(2)21-14(22)8-20-12-4-5-13(11(6-12)7-19)23-9-15(16,17)18/h4-6,10,20H,3,8-9H2,1-2H3,(H,21,22). The second kappa shape index (κ2) is 8.27. The molecule has 0 radical (unpaired) electrons. The molecule has 1 rings (SSSR count). The van der Waals surface area contributed by atoms with Crippen LogP contribution in [0, 0.1) is 11.3 Å². The van der Waals surface area contributed by atoms with Gasteiger partial charge < -0.3 is 15.4 Å². The summed E-state index contributed by atoms with van der Waals surface area (Å²) in [5.41, 5.74) is 0.404. The molecule has 1 atom stereocenters. The zero-order valence-electron chi connectivity index (χ0n) is 12.8. The van der Waals surface area contributed by atoms with E-state index in [1.165, 1.54) is 18.2 Å². The van der Waals surface area contributed by atoms with E-state index in [1.807, 2.05) is 13.8 Å². The molecule has 1 aromatic rings. The summed E-state index contributed by atoms with van der Waals surface area (Å²) in [4.78, 5) is 11.6. The first-order valence-electron chi connectivity index (χ1n) is 7.02. The van der Waals surface area contributed by atoms with Crippen molar-refractivity contribution in [2.24, 2.45) is 0 Å². The number of anilines is 1. The molecule has 1 amide bonds. The Balaban J connectivity index is 2.65. The molecular formula is C15H18F3N3O2. The largest absolute Gasteiger partial charge is 0.483 e. The summed E-state index contributed by atoms with van der Waals surface area (Å²) >= 11 is 0. The van der Waals surface area contributed by atoms with Gasteiger partial charge in [0, 0.05) is 11.7 Å². The van der Waals surface area contributed by atoms with Gasteiger partial charge in [-0.1, -0.05) is 6.92 Å². The fourth-order valence-corrected chi connectivity index (χ4v) is 1.62. The Morgan fingerprint density at radius 3 is 2.70 bits per heavy atom. The number of amides is 1. The summed E-state index contributed by atoms with van der Waals surface area (Å²) in [5.74, 6) is -0.366. The van der Waals surface area contributed by atoms with Gasteiger partial charge in [-0.25, -0.2) is 0 Å². The maximum atomic E-state index is 12.1. The van der Waals surface area contributed by atoms with Crippen LogP contribution in [0.4, 0.5) is 18.9 Å². The molecule has 23 heavy (non-hydrogen) atoms. The zero-order valence-corrected chi connectivity index (χ0v) is 12.8. The number of nitrogens with one attached hydrogen (secondary N) is 2. The summed E-state index contributed by atoms with van der Waals surface area (Å²) in [7, 11) is 0. The molecule has 0 saturated heterocycles. The Morgan fingerprint density at radius 1 is 1.43 bits per heavy atom. The molecule has 0 heterocycles. The van der Waals surface area contributed by atoms with Crippen molar-refractivity contribution >= 4 is 11.6 Å². The van der Waals surface area contributed by atoms with Gasteiger partial charge in [-0.05, 0) is 31.5 Å². The van der Waals surface area contributed by atoms with E-state index in [0.717, 1.165) is 6.42 Å². The van der Waals surface area contributed by atoms with Crippen LogP contribution in [-0.2, 0) is 4.79 Å². The predicted octanol–water partition coefficient (Wildman–Crippen LogP) is 2.83. The molecule has 8 heteroatoms. The Bertz CT molecular complexity index is 582. The normalized spacial score (nSPS) is 12.2. The van der Waals surface area contributed by atoms with Gasteiger partial charge in [-0.2, -0.15) is 18.4 Å². The summed E-state index contributed by atoms with van der Waals surface area (Å²) in [6.07, 6.45) is -3.67. The third-order valence-electron chi connectivity index (χ3n) is 2.96. The minimum atomic E-state index is -4.47. The lowest BCUT2D eigenvalue weighted by Gasteiger charge is -2.14. The van der Waals surface area contributed by atoms with Crippen molar-refractivity contribution in [3.05, 3.63) is 23.8 Å². The first-order valence-corrected chi connectivity index (χ1v) is 7.02. The molecule has 0 aliphatic heterocycles. The van der Waals surface area contributed by atoms with E-state index in [0.29, 0.717) is 5.69 Å². The molecule has 0 aromatic heterocycles. The van der Waals surface area contributed by atoms with Crippen LogP contribution in [-0.4, -0.2) is 31.3 Å². The van der Waals surface area contributed by atoms with Crippen LogP contribution in [0.5, 0.6) is 5.75 Å². The molecule has 0 spiro atoms. The smallest absolute Gasteiger partial charge is 0.422 e. The van der Waals surface area contributed by atoms with Crippen molar-refractivity contribution in [2.75, 3.05) is 18.5 Å². The molecule has 0 fully saturated rings. The summed E-state index contributed by atoms with van der Waals surface area (Å²) < 4.78 is 41.0. The van der Waals surface area contributed by atoms with E-state index in [4.69, 9.17) is 5.26 Å². The van der Waals surface area contributed by atoms with Gasteiger partial charge in [0.1, 0.15) is 11.8 Å². The number of rotatable bonds is 7. The first kappa shape index (κ1) is 18.6. The number of carbonyl (C=O) groups excluding carboxylic acids is 1. The Labute approximate surface area is 132 Å². The van der Waals surface area contributed by atoms with Crippen LogP contribution in [0.1, 0.15) is 25.8 Å². The molecule has 0 saturated carbocycles. The monoisotopic (exact) mass is 329 g/mol. The maximum absolute atomic E-state index is 12.1. The van der Waals surface area contributed by atoms with Crippen molar-refractivity contribution in [1.82, 2.24) is 5.32 Å². The molecular weight excluding hydrogens is 311 g/mol. The van der Waals surface area contributed by atoms with Crippen molar-refractivity contribution < 1.29 is 22.7 Å².